The molecule has 0 bridgehead atoms. The highest BCUT2D eigenvalue weighted by Crippen LogP contribution is 2.28. The third-order valence-corrected chi connectivity index (χ3v) is 5.77. The van der Waals surface area contributed by atoms with Gasteiger partial charge in [-0.3, -0.25) is 9.89 Å². The van der Waals surface area contributed by atoms with Crippen LogP contribution in [0.2, 0.25) is 0 Å². The fourth-order valence-electron chi connectivity index (χ4n) is 2.57. The molecule has 0 saturated carbocycles. The molecule has 25 heavy (non-hydrogen) atoms. The van der Waals surface area contributed by atoms with Crippen LogP contribution < -0.4 is 5.56 Å². The zero-order valence-electron chi connectivity index (χ0n) is 14.0. The van der Waals surface area contributed by atoms with E-state index in [1.165, 1.54) is 16.3 Å². The maximum absolute atomic E-state index is 12.5. The lowest BCUT2D eigenvalue weighted by molar-refractivity contribution is 0.431. The Bertz CT molecular complexity index is 1090. The minimum absolute atomic E-state index is 0.119. The van der Waals surface area contributed by atoms with Gasteiger partial charge in [-0.2, -0.15) is 0 Å². The molecule has 4 aromatic rings. The van der Waals surface area contributed by atoms with E-state index >= 15 is 0 Å². The van der Waals surface area contributed by atoms with E-state index in [2.05, 4.69) is 15.1 Å². The van der Waals surface area contributed by atoms with E-state index in [0.717, 1.165) is 27.6 Å². The normalized spacial score (nSPS) is 11.5. The van der Waals surface area contributed by atoms with E-state index in [1.807, 2.05) is 38.3 Å². The van der Waals surface area contributed by atoms with E-state index < -0.39 is 0 Å². The molecule has 0 spiro atoms. The summed E-state index contributed by atoms with van der Waals surface area (Å²) in [5, 5.41) is 5.77. The van der Waals surface area contributed by atoms with Gasteiger partial charge in [0.15, 0.2) is 5.65 Å². The number of aromatic nitrogens is 4. The molecule has 0 aromatic carbocycles. The summed E-state index contributed by atoms with van der Waals surface area (Å²) in [6.45, 7) is 5.78. The summed E-state index contributed by atoms with van der Waals surface area (Å²) in [5.74, 6) is 1.34. The van der Waals surface area contributed by atoms with Crippen molar-refractivity contribution in [1.82, 2.24) is 19.6 Å². The second-order valence-corrected chi connectivity index (χ2v) is 7.62. The predicted molar refractivity (Wildman–Crippen MR) is 99.4 cm³/mol. The lowest BCUT2D eigenvalue weighted by Gasteiger charge is -1.99. The number of nitrogens with zero attached hydrogens (tertiary/aromatic N) is 3. The molecule has 0 atom stereocenters. The molecule has 4 heterocycles. The van der Waals surface area contributed by atoms with Crippen molar-refractivity contribution in [3.63, 3.8) is 0 Å². The zero-order chi connectivity index (χ0) is 17.6. The lowest BCUT2D eigenvalue weighted by atomic mass is 10.2. The molecular weight excluding hydrogens is 356 g/mol. The van der Waals surface area contributed by atoms with E-state index in [9.17, 15) is 4.79 Å². The Hall–Kier alpha value is -2.32. The average molecular weight is 372 g/mol. The first kappa shape index (κ1) is 16.2. The van der Waals surface area contributed by atoms with Gasteiger partial charge < -0.3 is 4.42 Å². The fraction of sp³-hybridized carbons (Fsp3) is 0.235. The van der Waals surface area contributed by atoms with Crippen molar-refractivity contribution >= 4 is 28.7 Å². The maximum Gasteiger partial charge on any atom is 0.272 e. The number of oxazole rings is 1. The minimum Gasteiger partial charge on any atom is -0.437 e. The number of aromatic amines is 1. The van der Waals surface area contributed by atoms with E-state index in [-0.39, 0.29) is 5.56 Å². The Morgan fingerprint density at radius 2 is 2.16 bits per heavy atom. The first-order valence-corrected chi connectivity index (χ1v) is 9.61. The monoisotopic (exact) mass is 372 g/mol. The zero-order valence-corrected chi connectivity index (χ0v) is 15.6. The first-order valence-electron chi connectivity index (χ1n) is 7.75. The van der Waals surface area contributed by atoms with Crippen molar-refractivity contribution < 1.29 is 4.42 Å². The summed E-state index contributed by atoms with van der Waals surface area (Å²) in [7, 11) is 0. The second-order valence-electron chi connectivity index (χ2n) is 5.74. The number of aryl methyl sites for hydroxylation is 3. The number of rotatable bonds is 4. The van der Waals surface area contributed by atoms with E-state index in [1.54, 1.807) is 17.4 Å². The molecule has 1 N–H and O–H groups in total. The van der Waals surface area contributed by atoms with Crippen molar-refractivity contribution in [1.29, 1.82) is 0 Å². The third-order valence-electron chi connectivity index (χ3n) is 4.03. The van der Waals surface area contributed by atoms with Crippen LogP contribution in [0.15, 0.2) is 38.0 Å². The molecule has 0 unspecified atom stereocenters. The van der Waals surface area contributed by atoms with Crippen LogP contribution in [0, 0.1) is 20.8 Å². The molecule has 0 amide bonds. The largest absolute Gasteiger partial charge is 0.437 e. The maximum atomic E-state index is 12.5. The van der Waals surface area contributed by atoms with Crippen molar-refractivity contribution in [2.24, 2.45) is 0 Å². The van der Waals surface area contributed by atoms with E-state index in [4.69, 9.17) is 4.42 Å². The van der Waals surface area contributed by atoms with Crippen molar-refractivity contribution in [3.8, 4) is 10.6 Å². The molecular formula is C17H16N4O2S2. The molecule has 8 heteroatoms. The quantitative estimate of drug-likeness (QED) is 0.549. The van der Waals surface area contributed by atoms with Gasteiger partial charge in [-0.05, 0) is 32.2 Å². The molecule has 0 aliphatic heterocycles. The highest BCUT2D eigenvalue weighted by molar-refractivity contribution is 7.98. The van der Waals surface area contributed by atoms with Crippen LogP contribution in [0.25, 0.3) is 16.2 Å². The number of thioether (sulfide) groups is 1. The Morgan fingerprint density at radius 3 is 2.84 bits per heavy atom. The van der Waals surface area contributed by atoms with Gasteiger partial charge in [0.25, 0.3) is 10.8 Å². The molecule has 0 fully saturated rings. The standard InChI is InChI=1S/C17H16N4O2S2/c1-9-15(13-5-4-6-24-13)20-21-14(22)7-12(19-16(9)21)8-25-17-18-10(2)11(3)23-17/h4-7,20H,8H2,1-3H3. The fourth-order valence-corrected chi connectivity index (χ4v) is 4.15. The van der Waals surface area contributed by atoms with Crippen LogP contribution in [0.1, 0.15) is 22.7 Å². The Morgan fingerprint density at radius 1 is 1.32 bits per heavy atom. The van der Waals surface area contributed by atoms with Gasteiger partial charge in [0.2, 0.25) is 0 Å². The number of H-pyrrole nitrogens is 1. The summed E-state index contributed by atoms with van der Waals surface area (Å²) in [6, 6.07) is 5.57. The van der Waals surface area contributed by atoms with Crippen molar-refractivity contribution in [3.05, 3.63) is 56.6 Å². The van der Waals surface area contributed by atoms with Crippen LogP contribution in [-0.4, -0.2) is 19.6 Å². The highest BCUT2D eigenvalue weighted by Gasteiger charge is 2.15. The Balaban J connectivity index is 1.69. The molecule has 0 radical (unpaired) electrons. The minimum atomic E-state index is -0.119. The van der Waals surface area contributed by atoms with Gasteiger partial charge >= 0.3 is 0 Å². The molecule has 6 nitrogen and oxygen atoms in total. The van der Waals surface area contributed by atoms with Gasteiger partial charge in [-0.1, -0.05) is 17.8 Å². The van der Waals surface area contributed by atoms with Gasteiger partial charge in [0.05, 0.1) is 22.0 Å². The van der Waals surface area contributed by atoms with Crippen molar-refractivity contribution in [2.75, 3.05) is 0 Å². The highest BCUT2D eigenvalue weighted by atomic mass is 32.2. The van der Waals surface area contributed by atoms with Gasteiger partial charge in [-0.15, -0.1) is 11.3 Å². The predicted octanol–water partition coefficient (Wildman–Crippen LogP) is 3.96. The summed E-state index contributed by atoms with van der Waals surface area (Å²) >= 11 is 3.07. The van der Waals surface area contributed by atoms with Gasteiger partial charge in [0, 0.05) is 17.4 Å². The molecule has 4 rings (SSSR count). The SMILES string of the molecule is Cc1nc(SCc2cc(=O)n3[nH]c(-c4cccs4)c(C)c3n2)oc1C. The molecule has 4 aromatic heterocycles. The van der Waals surface area contributed by atoms with E-state index in [0.29, 0.717) is 22.3 Å². The van der Waals surface area contributed by atoms with Crippen LogP contribution in [-0.2, 0) is 5.75 Å². The summed E-state index contributed by atoms with van der Waals surface area (Å²) in [4.78, 5) is 22.5. The Kier molecular flexibility index (Phi) is 4.01. The molecule has 128 valence electrons. The van der Waals surface area contributed by atoms with Crippen LogP contribution in [0.3, 0.4) is 0 Å². The number of hydrogen-bond acceptors (Lipinski definition) is 6. The number of hydrogen-bond donors (Lipinski definition) is 1. The Labute approximate surface area is 151 Å². The second kappa shape index (κ2) is 6.20. The van der Waals surface area contributed by atoms with Crippen LogP contribution in [0.5, 0.6) is 0 Å². The number of fused-ring (bicyclic) bond motifs is 1. The van der Waals surface area contributed by atoms with Crippen LogP contribution in [0.4, 0.5) is 0 Å². The number of nitrogens with one attached hydrogen (secondary N) is 1. The summed E-state index contributed by atoms with van der Waals surface area (Å²) in [6.07, 6.45) is 0. The molecule has 0 aliphatic carbocycles. The van der Waals surface area contributed by atoms with Crippen LogP contribution >= 0.6 is 23.1 Å². The third kappa shape index (κ3) is 2.91. The first-order chi connectivity index (χ1) is 12.0. The van der Waals surface area contributed by atoms with Gasteiger partial charge in [0.1, 0.15) is 5.76 Å². The lowest BCUT2D eigenvalue weighted by Crippen LogP contribution is -2.15. The molecule has 0 saturated heterocycles. The average Bonchev–Trinajstić information content (AvgIpc) is 3.28. The molecule has 0 aliphatic rings. The van der Waals surface area contributed by atoms with Gasteiger partial charge in [-0.25, -0.2) is 14.5 Å². The number of thiophene rings is 1. The van der Waals surface area contributed by atoms with Crippen molar-refractivity contribution in [2.45, 2.75) is 31.7 Å². The summed E-state index contributed by atoms with van der Waals surface area (Å²) < 4.78 is 7.06. The summed E-state index contributed by atoms with van der Waals surface area (Å²) in [5.41, 5.74) is 4.03. The smallest absolute Gasteiger partial charge is 0.272 e. The topological polar surface area (TPSA) is 76.2 Å².